The van der Waals surface area contributed by atoms with E-state index in [0.717, 1.165) is 135 Å². The van der Waals surface area contributed by atoms with Crippen LogP contribution in [0, 0.1) is 0 Å². The van der Waals surface area contributed by atoms with Crippen molar-refractivity contribution in [1.29, 1.82) is 0 Å². The summed E-state index contributed by atoms with van der Waals surface area (Å²) in [6, 6.07) is 0. The normalized spacial score (nSPS) is 13.0. The fourth-order valence-corrected chi connectivity index (χ4v) is 9.14. The summed E-state index contributed by atoms with van der Waals surface area (Å²) in [4.78, 5) is 38.4. The Kier molecular flexibility index (Phi) is 64.3. The van der Waals surface area contributed by atoms with Crippen molar-refractivity contribution in [2.24, 2.45) is 0 Å². The average Bonchev–Trinajstić information content (AvgIpc) is 3.47. The first-order chi connectivity index (χ1) is 40.0. The summed E-state index contributed by atoms with van der Waals surface area (Å²) in [7, 11) is 0. The van der Waals surface area contributed by atoms with Gasteiger partial charge in [0.25, 0.3) is 0 Å². The second-order valence-corrected chi connectivity index (χ2v) is 22.0. The summed E-state index contributed by atoms with van der Waals surface area (Å²) in [5.41, 5.74) is 0. The Hall–Kier alpha value is -4.45. The molecule has 0 N–H and O–H groups in total. The van der Waals surface area contributed by atoms with Crippen LogP contribution >= 0.6 is 0 Å². The molecule has 6 nitrogen and oxygen atoms in total. The van der Waals surface area contributed by atoms with Crippen LogP contribution in [0.2, 0.25) is 0 Å². The van der Waals surface area contributed by atoms with Crippen molar-refractivity contribution in [3.8, 4) is 0 Å². The minimum atomic E-state index is -0.809. The molecule has 0 aromatic heterocycles. The first-order valence-corrected chi connectivity index (χ1v) is 33.7. The highest BCUT2D eigenvalue weighted by Crippen LogP contribution is 2.16. The third-order valence-electron chi connectivity index (χ3n) is 14.1. The van der Waals surface area contributed by atoms with E-state index in [1.54, 1.807) is 0 Å². The molecule has 0 fully saturated rings. The van der Waals surface area contributed by atoms with Crippen molar-refractivity contribution in [3.63, 3.8) is 0 Å². The molecule has 0 saturated heterocycles. The highest BCUT2D eigenvalue weighted by atomic mass is 16.6. The number of ether oxygens (including phenoxy) is 3. The van der Waals surface area contributed by atoms with Crippen molar-refractivity contribution < 1.29 is 28.6 Å². The van der Waals surface area contributed by atoms with Crippen LogP contribution in [0.1, 0.15) is 303 Å². The minimum absolute atomic E-state index is 0.100. The van der Waals surface area contributed by atoms with Crippen LogP contribution in [0.4, 0.5) is 0 Å². The van der Waals surface area contributed by atoms with Crippen LogP contribution < -0.4 is 0 Å². The van der Waals surface area contributed by atoms with Gasteiger partial charge < -0.3 is 14.2 Å². The molecule has 0 heterocycles. The number of carbonyl (C=O) groups excluding carboxylic acids is 3. The van der Waals surface area contributed by atoms with Gasteiger partial charge in [0.2, 0.25) is 0 Å². The van der Waals surface area contributed by atoms with E-state index in [1.165, 1.54) is 128 Å². The molecule has 6 heteroatoms. The largest absolute Gasteiger partial charge is 0.462 e. The summed E-state index contributed by atoms with van der Waals surface area (Å²) >= 11 is 0. The zero-order valence-corrected chi connectivity index (χ0v) is 52.8. The topological polar surface area (TPSA) is 78.9 Å². The SMILES string of the molecule is CC/C=C\C/C=C\C/C=C\C/C=C\CCCCCCCCC(=O)OC(COC(=O)CCCC/C=C\C/C=C\C/C=C\C/C=C\CC)COC(=O)CCCCCCCCCCCCCCCC/C=C\C/C=C\C/C=C\CCCCCCC. The molecule has 0 aliphatic rings. The fraction of sp³-hybridized carbons (Fsp3) is 0.667. The molecule has 0 aliphatic carbocycles. The van der Waals surface area contributed by atoms with E-state index < -0.39 is 6.10 Å². The van der Waals surface area contributed by atoms with Gasteiger partial charge >= 0.3 is 17.9 Å². The van der Waals surface area contributed by atoms with Gasteiger partial charge in [-0.2, -0.15) is 0 Å². The molecule has 0 bridgehead atoms. The average molecular weight is 1120 g/mol. The number of allylic oxidation sites excluding steroid dienone is 22. The number of unbranched alkanes of at least 4 members (excludes halogenated alkanes) is 27. The van der Waals surface area contributed by atoms with Crippen LogP contribution in [0.5, 0.6) is 0 Å². The van der Waals surface area contributed by atoms with Gasteiger partial charge in [-0.1, -0.05) is 283 Å². The number of hydrogen-bond donors (Lipinski definition) is 0. The molecule has 0 aliphatic heterocycles. The van der Waals surface area contributed by atoms with E-state index in [-0.39, 0.29) is 31.1 Å². The summed E-state index contributed by atoms with van der Waals surface area (Å²) in [6.07, 6.45) is 96.1. The van der Waals surface area contributed by atoms with Gasteiger partial charge in [0.1, 0.15) is 13.2 Å². The predicted octanol–water partition coefficient (Wildman–Crippen LogP) is 23.3. The molecular formula is C75H124O6. The lowest BCUT2D eigenvalue weighted by molar-refractivity contribution is -0.167. The molecule has 0 rings (SSSR count). The predicted molar refractivity (Wildman–Crippen MR) is 353 cm³/mol. The number of rotatable bonds is 60. The second kappa shape index (κ2) is 68.1. The Labute approximate surface area is 500 Å². The van der Waals surface area contributed by atoms with Gasteiger partial charge in [-0.25, -0.2) is 0 Å². The monoisotopic (exact) mass is 1120 g/mol. The molecule has 0 amide bonds. The van der Waals surface area contributed by atoms with Gasteiger partial charge in [-0.3, -0.25) is 14.4 Å². The van der Waals surface area contributed by atoms with E-state index in [2.05, 4.69) is 154 Å². The maximum atomic E-state index is 12.9. The van der Waals surface area contributed by atoms with E-state index in [0.29, 0.717) is 19.3 Å². The molecule has 0 aromatic rings. The molecular weight excluding hydrogens is 997 g/mol. The maximum absolute atomic E-state index is 12.9. The van der Waals surface area contributed by atoms with Crippen LogP contribution in [-0.4, -0.2) is 37.2 Å². The lowest BCUT2D eigenvalue weighted by atomic mass is 10.0. The van der Waals surface area contributed by atoms with Gasteiger partial charge in [0.15, 0.2) is 6.10 Å². The highest BCUT2D eigenvalue weighted by Gasteiger charge is 2.19. The van der Waals surface area contributed by atoms with Crippen LogP contribution in [-0.2, 0) is 28.6 Å². The van der Waals surface area contributed by atoms with E-state index in [4.69, 9.17) is 14.2 Å². The zero-order valence-electron chi connectivity index (χ0n) is 52.8. The molecule has 0 radical (unpaired) electrons. The van der Waals surface area contributed by atoms with E-state index in [1.807, 2.05) is 0 Å². The van der Waals surface area contributed by atoms with Gasteiger partial charge in [0, 0.05) is 19.3 Å². The third kappa shape index (κ3) is 66.2. The molecule has 1 unspecified atom stereocenters. The Morgan fingerprint density at radius 3 is 0.778 bits per heavy atom. The molecule has 81 heavy (non-hydrogen) atoms. The molecule has 1 atom stereocenters. The molecule has 0 spiro atoms. The van der Waals surface area contributed by atoms with Crippen molar-refractivity contribution in [2.45, 2.75) is 309 Å². The third-order valence-corrected chi connectivity index (χ3v) is 14.1. The summed E-state index contributed by atoms with van der Waals surface area (Å²) < 4.78 is 16.9. The van der Waals surface area contributed by atoms with E-state index in [9.17, 15) is 14.4 Å². The Balaban J connectivity index is 4.35. The first-order valence-electron chi connectivity index (χ1n) is 33.7. The number of carbonyl (C=O) groups is 3. The summed E-state index contributed by atoms with van der Waals surface area (Å²) in [5.74, 6) is -0.954. The standard InChI is InChI=1S/C75H124O6/c1-4-7-10-13-16-19-22-25-28-30-32-33-34-35-36-37-38-39-40-41-43-44-47-50-53-56-59-62-65-68-74(77)80-71-72(70-79-73(76)67-64-61-58-55-52-49-46-27-24-21-18-15-12-9-6-3)81-75(78)69-66-63-60-57-54-51-48-45-42-31-29-26-23-20-17-14-11-8-5-2/h8-9,11-12,17-18,20-22,25-27,29-30,32,34-35,42,45-46,52,55,72H,4-7,10,13-16,19,23-24,28,31,33,36-41,43-44,47-51,53-54,56-71H2,1-3H3/b11-8-,12-9-,20-17-,21-18-,25-22-,29-26-,32-30-,35-34-,45-42-,46-27-,55-52-. The van der Waals surface area contributed by atoms with Gasteiger partial charge in [0.05, 0.1) is 0 Å². The summed E-state index contributed by atoms with van der Waals surface area (Å²) in [6.45, 7) is 6.37. The zero-order chi connectivity index (χ0) is 58.5. The van der Waals surface area contributed by atoms with Crippen LogP contribution in [0.15, 0.2) is 134 Å². The Bertz CT molecular complexity index is 1720. The smallest absolute Gasteiger partial charge is 0.306 e. The number of hydrogen-bond acceptors (Lipinski definition) is 6. The van der Waals surface area contributed by atoms with Gasteiger partial charge in [-0.05, 0) is 135 Å². The lowest BCUT2D eigenvalue weighted by Crippen LogP contribution is -2.30. The lowest BCUT2D eigenvalue weighted by Gasteiger charge is -2.18. The summed E-state index contributed by atoms with van der Waals surface area (Å²) in [5, 5.41) is 0. The Morgan fingerprint density at radius 2 is 0.481 bits per heavy atom. The fourth-order valence-electron chi connectivity index (χ4n) is 9.14. The number of esters is 3. The van der Waals surface area contributed by atoms with E-state index >= 15 is 0 Å². The molecule has 0 saturated carbocycles. The maximum Gasteiger partial charge on any atom is 0.306 e. The highest BCUT2D eigenvalue weighted by molar-refractivity contribution is 5.71. The Morgan fingerprint density at radius 1 is 0.259 bits per heavy atom. The quantitative estimate of drug-likeness (QED) is 0.0261. The van der Waals surface area contributed by atoms with Crippen molar-refractivity contribution in [1.82, 2.24) is 0 Å². The molecule has 460 valence electrons. The molecule has 0 aromatic carbocycles. The van der Waals surface area contributed by atoms with Crippen LogP contribution in [0.3, 0.4) is 0 Å². The van der Waals surface area contributed by atoms with Crippen LogP contribution in [0.25, 0.3) is 0 Å². The minimum Gasteiger partial charge on any atom is -0.462 e. The van der Waals surface area contributed by atoms with Crippen molar-refractivity contribution >= 4 is 17.9 Å². The first kappa shape index (κ1) is 76.5. The second-order valence-electron chi connectivity index (χ2n) is 22.0. The van der Waals surface area contributed by atoms with Gasteiger partial charge in [-0.15, -0.1) is 0 Å². The van der Waals surface area contributed by atoms with Crippen molar-refractivity contribution in [3.05, 3.63) is 134 Å². The van der Waals surface area contributed by atoms with Crippen molar-refractivity contribution in [2.75, 3.05) is 13.2 Å².